The third-order valence-electron chi connectivity index (χ3n) is 3.65. The molecule has 0 fully saturated rings. The van der Waals surface area contributed by atoms with Gasteiger partial charge in [-0.15, -0.1) is 0 Å². The Labute approximate surface area is 132 Å². The molecule has 0 saturated carbocycles. The van der Waals surface area contributed by atoms with E-state index in [9.17, 15) is 17.2 Å². The van der Waals surface area contributed by atoms with Gasteiger partial charge in [0, 0.05) is 11.1 Å². The number of aliphatic imine (C=N–C) groups is 1. The summed E-state index contributed by atoms with van der Waals surface area (Å²) in [5.74, 6) is -0.986. The van der Waals surface area contributed by atoms with E-state index >= 15 is 0 Å². The van der Waals surface area contributed by atoms with Crippen molar-refractivity contribution >= 4 is 15.9 Å². The molecule has 23 heavy (non-hydrogen) atoms. The van der Waals surface area contributed by atoms with Gasteiger partial charge in [-0.3, -0.25) is 9.71 Å². The molecule has 0 aliphatic carbocycles. The number of hydrogen-bond acceptors (Lipinski definition) is 3. The van der Waals surface area contributed by atoms with E-state index in [2.05, 4.69) is 9.71 Å². The first-order chi connectivity index (χ1) is 10.9. The van der Waals surface area contributed by atoms with Gasteiger partial charge in [-0.05, 0) is 36.8 Å². The van der Waals surface area contributed by atoms with E-state index in [1.165, 1.54) is 6.07 Å². The maximum absolute atomic E-state index is 14.0. The normalized spacial score (nSPS) is 18.5. The number of fused-ring (bicyclic) bond motifs is 1. The summed E-state index contributed by atoms with van der Waals surface area (Å²) in [6.07, 6.45) is 0.397. The van der Waals surface area contributed by atoms with Crippen LogP contribution in [0.2, 0.25) is 0 Å². The molecular weight excluding hydrogens is 322 g/mol. The van der Waals surface area contributed by atoms with Crippen molar-refractivity contribution in [3.63, 3.8) is 0 Å². The predicted octanol–water partition coefficient (Wildman–Crippen LogP) is 3.15. The number of amidine groups is 1. The Kier molecular flexibility index (Phi) is 3.89. The van der Waals surface area contributed by atoms with Crippen LogP contribution in [-0.4, -0.2) is 14.3 Å². The summed E-state index contributed by atoms with van der Waals surface area (Å²) < 4.78 is 53.8. The monoisotopic (exact) mass is 336 g/mol. The number of benzene rings is 2. The third kappa shape index (κ3) is 2.84. The van der Waals surface area contributed by atoms with Gasteiger partial charge in [-0.1, -0.05) is 19.1 Å². The Balaban J connectivity index is 2.09. The molecule has 1 aliphatic heterocycles. The predicted molar refractivity (Wildman–Crippen MR) is 82.7 cm³/mol. The molecule has 0 saturated heterocycles. The van der Waals surface area contributed by atoms with Gasteiger partial charge in [0.2, 0.25) is 0 Å². The zero-order valence-corrected chi connectivity index (χ0v) is 13.1. The maximum Gasteiger partial charge on any atom is 0.263 e. The number of nitrogens with zero attached hydrogens (tertiary/aromatic N) is 1. The second kappa shape index (κ2) is 5.73. The minimum absolute atomic E-state index is 0.101. The molecule has 0 amide bonds. The Morgan fingerprint density at radius 3 is 2.65 bits per heavy atom. The zero-order chi connectivity index (χ0) is 16.6. The molecule has 7 heteroatoms. The van der Waals surface area contributed by atoms with E-state index in [1.807, 2.05) is 0 Å². The minimum Gasteiger partial charge on any atom is -0.263 e. The van der Waals surface area contributed by atoms with Crippen LogP contribution in [0, 0.1) is 11.6 Å². The Morgan fingerprint density at radius 1 is 1.17 bits per heavy atom. The third-order valence-corrected chi connectivity index (χ3v) is 5.05. The highest BCUT2D eigenvalue weighted by molar-refractivity contribution is 7.90. The highest BCUT2D eigenvalue weighted by Gasteiger charge is 2.31. The van der Waals surface area contributed by atoms with E-state index in [4.69, 9.17) is 0 Å². The summed E-state index contributed by atoms with van der Waals surface area (Å²) in [4.78, 5) is 4.46. The van der Waals surface area contributed by atoms with Gasteiger partial charge in [0.05, 0.1) is 10.9 Å². The maximum atomic E-state index is 14.0. The summed E-state index contributed by atoms with van der Waals surface area (Å²) in [6, 6.07) is 8.89. The smallest absolute Gasteiger partial charge is 0.263 e. The van der Waals surface area contributed by atoms with Crippen molar-refractivity contribution in [1.82, 2.24) is 4.72 Å². The summed E-state index contributed by atoms with van der Waals surface area (Å²) in [5, 5.41) is 0. The molecule has 3 rings (SSSR count). The van der Waals surface area contributed by atoms with Crippen LogP contribution < -0.4 is 4.72 Å². The van der Waals surface area contributed by atoms with Crippen LogP contribution in [0.3, 0.4) is 0 Å². The molecule has 4 nitrogen and oxygen atoms in total. The fraction of sp³-hybridized carbons (Fsp3) is 0.188. The first-order valence-corrected chi connectivity index (χ1v) is 8.55. The average molecular weight is 336 g/mol. The second-order valence-electron chi connectivity index (χ2n) is 5.17. The Hall–Kier alpha value is -2.28. The van der Waals surface area contributed by atoms with Crippen LogP contribution in [-0.2, 0) is 10.0 Å². The van der Waals surface area contributed by atoms with Gasteiger partial charge in [-0.25, -0.2) is 17.2 Å². The number of hydrogen-bond donors (Lipinski definition) is 1. The van der Waals surface area contributed by atoms with Crippen LogP contribution >= 0.6 is 0 Å². The molecule has 1 N–H and O–H groups in total. The number of sulfonamides is 1. The van der Waals surface area contributed by atoms with Crippen LogP contribution in [0.25, 0.3) is 0 Å². The second-order valence-corrected chi connectivity index (χ2v) is 6.82. The fourth-order valence-electron chi connectivity index (χ4n) is 2.54. The molecule has 0 spiro atoms. The average Bonchev–Trinajstić information content (AvgIpc) is 2.79. The first kappa shape index (κ1) is 15.6. The van der Waals surface area contributed by atoms with Gasteiger partial charge in [-0.2, -0.15) is 0 Å². The Morgan fingerprint density at radius 2 is 1.91 bits per heavy atom. The molecule has 0 radical (unpaired) electrons. The highest BCUT2D eigenvalue weighted by atomic mass is 32.2. The van der Waals surface area contributed by atoms with Gasteiger partial charge in [0.15, 0.2) is 0 Å². The van der Waals surface area contributed by atoms with Gasteiger partial charge in [0.25, 0.3) is 10.0 Å². The Bertz CT molecular complexity index is 895. The quantitative estimate of drug-likeness (QED) is 0.936. The molecule has 1 unspecified atom stereocenters. The summed E-state index contributed by atoms with van der Waals surface area (Å²) >= 11 is 0. The van der Waals surface area contributed by atoms with E-state index in [0.29, 0.717) is 12.0 Å². The molecule has 120 valence electrons. The van der Waals surface area contributed by atoms with Crippen molar-refractivity contribution in [2.24, 2.45) is 4.99 Å². The van der Waals surface area contributed by atoms with Crippen molar-refractivity contribution in [2.75, 3.05) is 0 Å². The van der Waals surface area contributed by atoms with Crippen molar-refractivity contribution in [1.29, 1.82) is 0 Å². The lowest BCUT2D eigenvalue weighted by molar-refractivity contribution is 0.557. The first-order valence-electron chi connectivity index (χ1n) is 7.07. The molecule has 2 aromatic carbocycles. The lowest BCUT2D eigenvalue weighted by atomic mass is 10.0. The van der Waals surface area contributed by atoms with E-state index in [-0.39, 0.29) is 16.3 Å². The highest BCUT2D eigenvalue weighted by Crippen LogP contribution is 2.28. The van der Waals surface area contributed by atoms with E-state index in [0.717, 1.165) is 18.2 Å². The molecular formula is C16H14F2N2O2S. The van der Waals surface area contributed by atoms with Crippen LogP contribution in [0.5, 0.6) is 0 Å². The fourth-order valence-corrected chi connectivity index (χ4v) is 3.78. The summed E-state index contributed by atoms with van der Waals surface area (Å²) in [6.45, 7) is 1.77. The molecule has 0 bridgehead atoms. The van der Waals surface area contributed by atoms with Crippen LogP contribution in [0.1, 0.15) is 30.5 Å². The van der Waals surface area contributed by atoms with Crippen molar-refractivity contribution in [3.05, 3.63) is 65.2 Å². The summed E-state index contributed by atoms with van der Waals surface area (Å²) in [7, 11) is -3.66. The van der Waals surface area contributed by atoms with Crippen LogP contribution in [0.4, 0.5) is 8.78 Å². The number of rotatable bonds is 3. The molecule has 1 atom stereocenters. The van der Waals surface area contributed by atoms with Crippen molar-refractivity contribution in [2.45, 2.75) is 24.3 Å². The largest absolute Gasteiger partial charge is 0.263 e. The van der Waals surface area contributed by atoms with Crippen molar-refractivity contribution in [3.8, 4) is 0 Å². The van der Waals surface area contributed by atoms with Gasteiger partial charge < -0.3 is 0 Å². The number of nitrogens with one attached hydrogen (secondary N) is 1. The lowest BCUT2D eigenvalue weighted by Gasteiger charge is -2.13. The zero-order valence-electron chi connectivity index (χ0n) is 12.3. The molecule has 0 aromatic heterocycles. The van der Waals surface area contributed by atoms with E-state index in [1.54, 1.807) is 25.1 Å². The topological polar surface area (TPSA) is 58.5 Å². The van der Waals surface area contributed by atoms with Crippen LogP contribution in [0.15, 0.2) is 52.4 Å². The minimum atomic E-state index is -3.66. The molecule has 1 aliphatic rings. The summed E-state index contributed by atoms with van der Waals surface area (Å²) in [5.41, 5.74) is 0.534. The SMILES string of the molecule is CCC(N=C1NS(=O)(=O)c2ccccc21)c1cc(F)ccc1F. The molecule has 2 aromatic rings. The standard InChI is InChI=1S/C16H14F2N2O2S/c1-2-14(12-9-10(17)7-8-13(12)18)19-16-11-5-3-4-6-15(11)23(21,22)20-16/h3-9,14H,2H2,1H3,(H,19,20). The van der Waals surface area contributed by atoms with E-state index < -0.39 is 27.7 Å². The van der Waals surface area contributed by atoms with Crippen molar-refractivity contribution < 1.29 is 17.2 Å². The molecule has 1 heterocycles. The number of halogens is 2. The van der Waals surface area contributed by atoms with Gasteiger partial charge in [0.1, 0.15) is 17.5 Å². The lowest BCUT2D eigenvalue weighted by Crippen LogP contribution is -2.23. The van der Waals surface area contributed by atoms with Gasteiger partial charge >= 0.3 is 0 Å².